The Morgan fingerprint density at radius 2 is 1.92 bits per heavy atom. The second-order valence-electron chi connectivity index (χ2n) is 5.34. The van der Waals surface area contributed by atoms with E-state index in [-0.39, 0.29) is 11.7 Å². The van der Waals surface area contributed by atoms with Crippen LogP contribution in [0.3, 0.4) is 0 Å². The van der Waals surface area contributed by atoms with Gasteiger partial charge in [0.25, 0.3) is 0 Å². The molecule has 25 heavy (non-hydrogen) atoms. The van der Waals surface area contributed by atoms with Crippen molar-refractivity contribution in [3.8, 4) is 0 Å². The number of nitrogens with zero attached hydrogens (tertiary/aromatic N) is 2. The van der Waals surface area contributed by atoms with Gasteiger partial charge >= 0.3 is 0 Å². The first-order chi connectivity index (χ1) is 12.1. The Morgan fingerprint density at radius 3 is 2.60 bits per heavy atom. The summed E-state index contributed by atoms with van der Waals surface area (Å²) in [6.45, 7) is 1.49. The van der Waals surface area contributed by atoms with Gasteiger partial charge in [-0.1, -0.05) is 54.2 Å². The van der Waals surface area contributed by atoms with Crippen LogP contribution in [0.2, 0.25) is 0 Å². The second kappa shape index (κ2) is 7.76. The number of anilines is 1. The second-order valence-corrected chi connectivity index (χ2v) is 6.47. The van der Waals surface area contributed by atoms with E-state index in [2.05, 4.69) is 20.7 Å². The summed E-state index contributed by atoms with van der Waals surface area (Å²) in [6, 6.07) is 16.3. The van der Waals surface area contributed by atoms with Crippen molar-refractivity contribution in [1.29, 1.82) is 0 Å². The number of thioether (sulfide) groups is 1. The van der Waals surface area contributed by atoms with Crippen LogP contribution >= 0.6 is 11.8 Å². The lowest BCUT2D eigenvalue weighted by atomic mass is 10.1. The Balaban J connectivity index is 1.84. The van der Waals surface area contributed by atoms with Gasteiger partial charge in [-0.25, -0.2) is 0 Å². The molecule has 1 unspecified atom stereocenters. The van der Waals surface area contributed by atoms with Gasteiger partial charge in [0.2, 0.25) is 5.91 Å². The molecule has 1 aromatic heterocycles. The van der Waals surface area contributed by atoms with Crippen LogP contribution in [0.1, 0.15) is 28.1 Å². The Bertz CT molecular complexity index is 866. The van der Waals surface area contributed by atoms with Crippen LogP contribution in [0.25, 0.3) is 0 Å². The Labute approximate surface area is 149 Å². The molecule has 126 valence electrons. The van der Waals surface area contributed by atoms with E-state index in [1.54, 1.807) is 30.5 Å². The van der Waals surface area contributed by atoms with Gasteiger partial charge in [0.15, 0.2) is 5.78 Å². The summed E-state index contributed by atoms with van der Waals surface area (Å²) in [7, 11) is 0. The highest BCUT2D eigenvalue weighted by atomic mass is 32.2. The summed E-state index contributed by atoms with van der Waals surface area (Å²) in [4.78, 5) is 24.4. The molecule has 0 aliphatic heterocycles. The molecular formula is C18H16N4O2S. The van der Waals surface area contributed by atoms with Crippen LogP contribution in [0.15, 0.2) is 65.8 Å². The quantitative estimate of drug-likeness (QED) is 0.524. The molecule has 7 heteroatoms. The highest BCUT2D eigenvalue weighted by molar-refractivity contribution is 8.00. The van der Waals surface area contributed by atoms with Crippen molar-refractivity contribution in [2.45, 2.75) is 17.2 Å². The number of hydrogen-bond donors (Lipinski definition) is 2. The molecule has 0 aliphatic rings. The zero-order valence-electron chi connectivity index (χ0n) is 13.5. The number of amides is 1. The zero-order chi connectivity index (χ0) is 17.6. The highest BCUT2D eigenvalue weighted by Crippen LogP contribution is 2.34. The maximum absolute atomic E-state index is 12.8. The fourth-order valence-corrected chi connectivity index (χ4v) is 3.20. The lowest BCUT2D eigenvalue weighted by Crippen LogP contribution is -2.19. The highest BCUT2D eigenvalue weighted by Gasteiger charge is 2.23. The van der Waals surface area contributed by atoms with Crippen molar-refractivity contribution in [1.82, 2.24) is 15.4 Å². The van der Waals surface area contributed by atoms with E-state index in [0.29, 0.717) is 16.3 Å². The van der Waals surface area contributed by atoms with Crippen LogP contribution in [0, 0.1) is 0 Å². The minimum absolute atomic E-state index is 0.0484. The average molecular weight is 352 g/mol. The van der Waals surface area contributed by atoms with Gasteiger partial charge < -0.3 is 5.32 Å². The van der Waals surface area contributed by atoms with Gasteiger partial charge in [0, 0.05) is 11.3 Å². The molecular weight excluding hydrogens is 336 g/mol. The number of Topliss-reactive ketones (excluding diaryl/α,β-unsaturated/α-hetero) is 1. The summed E-state index contributed by atoms with van der Waals surface area (Å²) < 4.78 is 0. The molecule has 2 aromatic carbocycles. The number of rotatable bonds is 6. The molecule has 6 nitrogen and oxygen atoms in total. The minimum atomic E-state index is -0.493. The van der Waals surface area contributed by atoms with Crippen molar-refractivity contribution in [3.63, 3.8) is 0 Å². The first-order valence-corrected chi connectivity index (χ1v) is 8.50. The predicted octanol–water partition coefficient (Wildman–Crippen LogP) is 3.48. The summed E-state index contributed by atoms with van der Waals surface area (Å²) in [5, 5.41) is 13.3. The Morgan fingerprint density at radius 1 is 1.12 bits per heavy atom. The summed E-state index contributed by atoms with van der Waals surface area (Å²) in [6.07, 6.45) is 1.57. The number of carbonyl (C=O) groups is 2. The van der Waals surface area contributed by atoms with E-state index in [1.165, 1.54) is 18.7 Å². The normalized spacial score (nSPS) is 11.7. The smallest absolute Gasteiger partial charge is 0.242 e. The third-order valence-corrected chi connectivity index (χ3v) is 4.67. The molecule has 3 rings (SSSR count). The minimum Gasteiger partial charge on any atom is -0.325 e. The Kier molecular flexibility index (Phi) is 5.25. The number of hydrogen-bond acceptors (Lipinski definition) is 5. The lowest BCUT2D eigenvalue weighted by molar-refractivity contribution is -0.115. The molecule has 0 bridgehead atoms. The molecule has 0 aliphatic carbocycles. The number of ketones is 1. The van der Waals surface area contributed by atoms with Gasteiger partial charge in [-0.2, -0.15) is 10.3 Å². The van der Waals surface area contributed by atoms with Gasteiger partial charge in [-0.3, -0.25) is 9.59 Å². The fraction of sp³-hybridized carbons (Fsp3) is 0.111. The van der Waals surface area contributed by atoms with Crippen molar-refractivity contribution in [2.75, 3.05) is 5.32 Å². The maximum atomic E-state index is 12.8. The van der Waals surface area contributed by atoms with E-state index in [1.807, 2.05) is 30.3 Å². The monoisotopic (exact) mass is 352 g/mol. The SMILES string of the molecule is CC(=O)c1cccc(NC(=O)C(Sc2cn[nH]n2)c2ccccc2)c1. The first-order valence-electron chi connectivity index (χ1n) is 7.63. The van der Waals surface area contributed by atoms with Crippen molar-refractivity contribution >= 4 is 29.1 Å². The topological polar surface area (TPSA) is 87.7 Å². The van der Waals surface area contributed by atoms with Gasteiger partial charge in [0.05, 0.1) is 6.20 Å². The average Bonchev–Trinajstić information content (AvgIpc) is 3.14. The number of H-pyrrole nitrogens is 1. The third kappa shape index (κ3) is 4.33. The van der Waals surface area contributed by atoms with Gasteiger partial charge in [0.1, 0.15) is 10.3 Å². The molecule has 0 saturated heterocycles. The molecule has 0 saturated carbocycles. The molecule has 2 N–H and O–H groups in total. The van der Waals surface area contributed by atoms with E-state index in [4.69, 9.17) is 0 Å². The molecule has 3 aromatic rings. The van der Waals surface area contributed by atoms with Crippen LogP contribution in [-0.2, 0) is 4.79 Å². The van der Waals surface area contributed by atoms with Crippen LogP contribution in [0.4, 0.5) is 5.69 Å². The number of carbonyl (C=O) groups excluding carboxylic acids is 2. The standard InChI is InChI=1S/C18H16N4O2S/c1-12(23)14-8-5-9-15(10-14)20-18(24)17(13-6-3-2-4-7-13)25-16-11-19-22-21-16/h2-11,17H,1H3,(H,20,24)(H,19,21,22). The van der Waals surface area contributed by atoms with E-state index in [9.17, 15) is 9.59 Å². The number of benzene rings is 2. The number of nitrogens with one attached hydrogen (secondary N) is 2. The van der Waals surface area contributed by atoms with E-state index < -0.39 is 5.25 Å². The summed E-state index contributed by atoms with van der Waals surface area (Å²) in [5.41, 5.74) is 1.99. The molecule has 0 radical (unpaired) electrons. The Hall–Kier alpha value is -2.93. The summed E-state index contributed by atoms with van der Waals surface area (Å²) in [5.74, 6) is -0.243. The first kappa shape index (κ1) is 16.9. The molecule has 0 spiro atoms. The lowest BCUT2D eigenvalue weighted by Gasteiger charge is -2.16. The molecule has 1 heterocycles. The van der Waals surface area contributed by atoms with Gasteiger partial charge in [-0.05, 0) is 24.6 Å². The van der Waals surface area contributed by atoms with Crippen LogP contribution < -0.4 is 5.32 Å². The largest absolute Gasteiger partial charge is 0.325 e. The molecule has 1 atom stereocenters. The van der Waals surface area contributed by atoms with Gasteiger partial charge in [-0.15, -0.1) is 5.10 Å². The van der Waals surface area contributed by atoms with Crippen LogP contribution in [-0.4, -0.2) is 27.1 Å². The predicted molar refractivity (Wildman–Crippen MR) is 96.5 cm³/mol. The van der Waals surface area contributed by atoms with E-state index in [0.717, 1.165) is 5.56 Å². The van der Waals surface area contributed by atoms with Crippen molar-refractivity contribution in [3.05, 3.63) is 71.9 Å². The van der Waals surface area contributed by atoms with Crippen LogP contribution in [0.5, 0.6) is 0 Å². The fourth-order valence-electron chi connectivity index (χ4n) is 2.29. The number of aromatic nitrogens is 3. The number of aromatic amines is 1. The van der Waals surface area contributed by atoms with Crippen molar-refractivity contribution < 1.29 is 9.59 Å². The van der Waals surface area contributed by atoms with E-state index >= 15 is 0 Å². The maximum Gasteiger partial charge on any atom is 0.242 e. The molecule has 1 amide bonds. The summed E-state index contributed by atoms with van der Waals surface area (Å²) >= 11 is 1.30. The zero-order valence-corrected chi connectivity index (χ0v) is 14.3. The third-order valence-electron chi connectivity index (χ3n) is 3.51. The van der Waals surface area contributed by atoms with Crippen molar-refractivity contribution in [2.24, 2.45) is 0 Å². The molecule has 0 fully saturated rings.